The van der Waals surface area contributed by atoms with Crippen LogP contribution in [0.4, 0.5) is 5.82 Å². The molecule has 3 aromatic rings. The second-order valence-electron chi connectivity index (χ2n) is 7.43. The van der Waals surface area contributed by atoms with Gasteiger partial charge in [0, 0.05) is 45.5 Å². The van der Waals surface area contributed by atoms with Gasteiger partial charge in [-0.25, -0.2) is 4.98 Å². The van der Waals surface area contributed by atoms with Crippen molar-refractivity contribution in [1.82, 2.24) is 15.2 Å². The Bertz CT molecular complexity index is 1170. The first-order valence-corrected chi connectivity index (χ1v) is 11.7. The lowest BCUT2D eigenvalue weighted by molar-refractivity contribution is 0.0873. The van der Waals surface area contributed by atoms with E-state index in [0.717, 1.165) is 34.3 Å². The van der Waals surface area contributed by atoms with Crippen molar-refractivity contribution >= 4 is 45.4 Å². The predicted octanol–water partition coefficient (Wildman–Crippen LogP) is 3.67. The Morgan fingerprint density at radius 2 is 2.06 bits per heavy atom. The number of hydrogen-bond donors (Lipinski definition) is 3. The van der Waals surface area contributed by atoms with Crippen molar-refractivity contribution in [2.45, 2.75) is 26.9 Å². The highest BCUT2D eigenvalue weighted by Crippen LogP contribution is 2.26. The van der Waals surface area contributed by atoms with E-state index >= 15 is 0 Å². The van der Waals surface area contributed by atoms with Crippen LogP contribution in [0.1, 0.15) is 39.5 Å². The molecule has 0 saturated carbocycles. The third-order valence-electron chi connectivity index (χ3n) is 5.21. The maximum absolute atomic E-state index is 12.6. The number of aliphatic hydroxyl groups excluding tert-OH is 1. The van der Waals surface area contributed by atoms with Crippen LogP contribution in [-0.4, -0.2) is 53.2 Å². The lowest BCUT2D eigenvalue weighted by atomic mass is 10.1. The Kier molecular flexibility index (Phi) is 8.10. The molecule has 6 nitrogen and oxygen atoms in total. The number of aromatic nitrogens is 1. The van der Waals surface area contributed by atoms with E-state index < -0.39 is 6.10 Å². The van der Waals surface area contributed by atoms with E-state index in [4.69, 9.17) is 17.3 Å². The Labute approximate surface area is 197 Å². The molecule has 32 heavy (non-hydrogen) atoms. The number of nitrogens with two attached hydrogens (primary N) is 1. The number of aryl methyl sites for hydroxylation is 1. The average Bonchev–Trinajstić information content (AvgIpc) is 3.15. The Balaban J connectivity index is 1.76. The molecule has 2 aromatic heterocycles. The molecule has 4 N–H and O–H groups in total. The van der Waals surface area contributed by atoms with Gasteiger partial charge in [0.1, 0.15) is 5.82 Å². The van der Waals surface area contributed by atoms with Crippen LogP contribution in [0.15, 0.2) is 30.5 Å². The number of nitrogens with one attached hydrogen (secondary N) is 1. The quantitative estimate of drug-likeness (QED) is 0.458. The zero-order valence-corrected chi connectivity index (χ0v) is 20.0. The summed E-state index contributed by atoms with van der Waals surface area (Å²) in [5.74, 6) is 6.35. The number of anilines is 1. The Morgan fingerprint density at radius 3 is 2.78 bits per heavy atom. The van der Waals surface area contributed by atoms with Gasteiger partial charge >= 0.3 is 0 Å². The standard InChI is InChI=1S/C24H27ClN4O2S/c1-4-29(5-2)14-19(30)13-28-24(31)22-10-16(15(3)32-22)7-9-20-21-11-18(25)8-6-17(21)12-27-23(20)26/h6,8,10-12,19,30H,4-5,13-14H2,1-3H3,(H2,26,27)(H,28,31). The molecular weight excluding hydrogens is 444 g/mol. The van der Waals surface area contributed by atoms with E-state index in [9.17, 15) is 9.90 Å². The lowest BCUT2D eigenvalue weighted by Crippen LogP contribution is -2.39. The molecule has 0 saturated heterocycles. The fourth-order valence-corrected chi connectivity index (χ4v) is 4.38. The number of thiophene rings is 1. The summed E-state index contributed by atoms with van der Waals surface area (Å²) >= 11 is 7.51. The molecule has 1 amide bonds. The largest absolute Gasteiger partial charge is 0.390 e. The van der Waals surface area contributed by atoms with Gasteiger partial charge in [-0.1, -0.05) is 43.4 Å². The van der Waals surface area contributed by atoms with Crippen LogP contribution in [-0.2, 0) is 0 Å². The first kappa shape index (κ1) is 24.0. The van der Waals surface area contributed by atoms with Gasteiger partial charge in [0.25, 0.3) is 5.91 Å². The van der Waals surface area contributed by atoms with Gasteiger partial charge in [-0.15, -0.1) is 11.3 Å². The van der Waals surface area contributed by atoms with Crippen molar-refractivity contribution in [3.63, 3.8) is 0 Å². The number of benzene rings is 1. The number of rotatable bonds is 7. The summed E-state index contributed by atoms with van der Waals surface area (Å²) < 4.78 is 0. The second kappa shape index (κ2) is 10.8. The molecule has 0 fully saturated rings. The van der Waals surface area contributed by atoms with Crippen LogP contribution in [0.5, 0.6) is 0 Å². The van der Waals surface area contributed by atoms with E-state index in [-0.39, 0.29) is 12.5 Å². The lowest BCUT2D eigenvalue weighted by Gasteiger charge is -2.21. The molecule has 0 aliphatic carbocycles. The number of aliphatic hydroxyl groups is 1. The molecule has 0 aliphatic heterocycles. The molecular formula is C24H27ClN4O2S. The molecule has 0 radical (unpaired) electrons. The third kappa shape index (κ3) is 5.78. The topological polar surface area (TPSA) is 91.5 Å². The number of carbonyl (C=O) groups is 1. The fraction of sp³-hybridized carbons (Fsp3) is 0.333. The Hall–Kier alpha value is -2.63. The number of amides is 1. The summed E-state index contributed by atoms with van der Waals surface area (Å²) in [4.78, 5) is 20.4. The zero-order valence-electron chi connectivity index (χ0n) is 18.4. The fourth-order valence-electron chi connectivity index (χ4n) is 3.32. The van der Waals surface area contributed by atoms with Gasteiger partial charge < -0.3 is 21.1 Å². The number of fused-ring (bicyclic) bond motifs is 1. The number of nitrogen functional groups attached to an aromatic ring is 1. The molecule has 1 atom stereocenters. The third-order valence-corrected chi connectivity index (χ3v) is 6.49. The first-order chi connectivity index (χ1) is 15.3. The summed E-state index contributed by atoms with van der Waals surface area (Å²) in [7, 11) is 0. The van der Waals surface area contributed by atoms with E-state index in [2.05, 4.69) is 27.0 Å². The van der Waals surface area contributed by atoms with Crippen LogP contribution in [0.25, 0.3) is 10.8 Å². The van der Waals surface area contributed by atoms with Gasteiger partial charge in [-0.2, -0.15) is 0 Å². The molecule has 2 heterocycles. The van der Waals surface area contributed by atoms with Gasteiger partial charge in [-0.05, 0) is 38.2 Å². The van der Waals surface area contributed by atoms with Crippen molar-refractivity contribution in [2.24, 2.45) is 0 Å². The molecule has 0 spiro atoms. The first-order valence-electron chi connectivity index (χ1n) is 10.5. The van der Waals surface area contributed by atoms with Gasteiger partial charge in [0.05, 0.1) is 16.5 Å². The SMILES string of the molecule is CCN(CC)CC(O)CNC(=O)c1cc(C#Cc2c(N)ncc3ccc(Cl)cc23)c(C)s1. The number of likely N-dealkylation sites (N-methyl/N-ethyl adjacent to an activating group) is 1. The zero-order chi connectivity index (χ0) is 23.3. The molecule has 1 unspecified atom stereocenters. The summed E-state index contributed by atoms with van der Waals surface area (Å²) in [6.07, 6.45) is 1.08. The number of hydrogen-bond acceptors (Lipinski definition) is 6. The van der Waals surface area contributed by atoms with Crippen LogP contribution in [0, 0.1) is 18.8 Å². The van der Waals surface area contributed by atoms with Crippen LogP contribution in [0.3, 0.4) is 0 Å². The van der Waals surface area contributed by atoms with Gasteiger partial charge in [-0.3, -0.25) is 4.79 Å². The molecule has 3 rings (SSSR count). The van der Waals surface area contributed by atoms with Gasteiger partial charge in [0.2, 0.25) is 0 Å². The minimum Gasteiger partial charge on any atom is -0.390 e. The number of carbonyl (C=O) groups excluding carboxylic acids is 1. The van der Waals surface area contributed by atoms with Crippen LogP contribution in [0.2, 0.25) is 5.02 Å². The predicted molar refractivity (Wildman–Crippen MR) is 132 cm³/mol. The minimum absolute atomic E-state index is 0.201. The molecule has 0 aliphatic rings. The molecule has 8 heteroatoms. The Morgan fingerprint density at radius 1 is 1.31 bits per heavy atom. The monoisotopic (exact) mass is 470 g/mol. The van der Waals surface area contributed by atoms with Crippen molar-refractivity contribution < 1.29 is 9.90 Å². The number of pyridine rings is 1. The highest BCUT2D eigenvalue weighted by atomic mass is 35.5. The number of halogens is 1. The smallest absolute Gasteiger partial charge is 0.261 e. The maximum atomic E-state index is 12.6. The van der Waals surface area contributed by atoms with Crippen LogP contribution >= 0.6 is 22.9 Å². The van der Waals surface area contributed by atoms with Crippen LogP contribution < -0.4 is 11.1 Å². The van der Waals surface area contributed by atoms with Crippen molar-refractivity contribution in [3.8, 4) is 11.8 Å². The highest BCUT2D eigenvalue weighted by Gasteiger charge is 2.15. The summed E-state index contributed by atoms with van der Waals surface area (Å²) in [6, 6.07) is 7.26. The molecule has 1 aromatic carbocycles. The van der Waals surface area contributed by atoms with E-state index in [1.54, 1.807) is 18.3 Å². The summed E-state index contributed by atoms with van der Waals surface area (Å²) in [5.41, 5.74) is 7.43. The van der Waals surface area contributed by atoms with Crippen molar-refractivity contribution in [1.29, 1.82) is 0 Å². The highest BCUT2D eigenvalue weighted by molar-refractivity contribution is 7.14. The number of nitrogens with zero attached hydrogens (tertiary/aromatic N) is 2. The molecule has 168 valence electrons. The van der Waals surface area contributed by atoms with Gasteiger partial charge in [0.15, 0.2) is 0 Å². The normalized spacial score (nSPS) is 11.9. The summed E-state index contributed by atoms with van der Waals surface area (Å²) in [5, 5.41) is 15.3. The van der Waals surface area contributed by atoms with Crippen molar-refractivity contribution in [2.75, 3.05) is 31.9 Å². The molecule has 0 bridgehead atoms. The minimum atomic E-state index is -0.618. The van der Waals surface area contributed by atoms with E-state index in [1.165, 1.54) is 11.3 Å². The maximum Gasteiger partial charge on any atom is 0.261 e. The summed E-state index contributed by atoms with van der Waals surface area (Å²) in [6.45, 7) is 8.45. The van der Waals surface area contributed by atoms with E-state index in [1.807, 2.05) is 32.9 Å². The van der Waals surface area contributed by atoms with Crippen molar-refractivity contribution in [3.05, 3.63) is 56.4 Å². The van der Waals surface area contributed by atoms with E-state index in [0.29, 0.717) is 27.8 Å². The second-order valence-corrected chi connectivity index (χ2v) is 9.12. The average molecular weight is 471 g/mol.